The first-order valence-corrected chi connectivity index (χ1v) is 8.10. The Morgan fingerprint density at radius 2 is 1.93 bits per heavy atom. The van der Waals surface area contributed by atoms with Gasteiger partial charge in [-0.1, -0.05) is 6.07 Å². The van der Waals surface area contributed by atoms with Crippen molar-refractivity contribution in [2.45, 2.75) is 13.0 Å². The van der Waals surface area contributed by atoms with Gasteiger partial charge in [0.05, 0.1) is 16.5 Å². The van der Waals surface area contributed by atoms with Gasteiger partial charge in [0, 0.05) is 24.7 Å². The Morgan fingerprint density at radius 1 is 1.21 bits per heavy atom. The van der Waals surface area contributed by atoms with Crippen LogP contribution in [0.25, 0.3) is 0 Å². The first-order chi connectivity index (χ1) is 13.2. The minimum Gasteiger partial charge on any atom is -0.452 e. The van der Waals surface area contributed by atoms with Crippen molar-refractivity contribution >= 4 is 23.3 Å². The van der Waals surface area contributed by atoms with Gasteiger partial charge in [0.25, 0.3) is 11.6 Å². The van der Waals surface area contributed by atoms with Gasteiger partial charge in [0.2, 0.25) is 0 Å². The molecule has 1 amide bonds. The number of carbonyl (C=O) groups is 2. The highest BCUT2D eigenvalue weighted by Crippen LogP contribution is 2.25. The topological polar surface area (TPSA) is 111 Å². The molecule has 0 unspecified atom stereocenters. The molecule has 0 heterocycles. The monoisotopic (exact) mass is 393 g/mol. The molecule has 8 nitrogen and oxygen atoms in total. The number of esters is 1. The van der Waals surface area contributed by atoms with Gasteiger partial charge >= 0.3 is 5.97 Å². The molecule has 0 aromatic heterocycles. The Bertz CT molecular complexity index is 920. The largest absolute Gasteiger partial charge is 0.452 e. The molecule has 2 aromatic carbocycles. The molecule has 0 saturated heterocycles. The summed E-state index contributed by atoms with van der Waals surface area (Å²) in [5.41, 5.74) is -0.133. The molecule has 148 valence electrons. The predicted octanol–water partition coefficient (Wildman–Crippen LogP) is 2.95. The molecule has 2 N–H and O–H groups in total. The maximum atomic E-state index is 13.7. The number of nitro benzene ring substituents is 1. The summed E-state index contributed by atoms with van der Waals surface area (Å²) in [7, 11) is 1.50. The first-order valence-electron chi connectivity index (χ1n) is 8.10. The van der Waals surface area contributed by atoms with Crippen molar-refractivity contribution in [2.75, 3.05) is 19.0 Å². The first kappa shape index (κ1) is 20.7. The molecule has 2 aromatic rings. The van der Waals surface area contributed by atoms with Crippen molar-refractivity contribution in [3.8, 4) is 0 Å². The number of benzene rings is 2. The summed E-state index contributed by atoms with van der Waals surface area (Å²) in [5.74, 6) is -3.21. The Labute approximate surface area is 158 Å². The number of rotatable bonds is 7. The molecule has 28 heavy (non-hydrogen) atoms. The van der Waals surface area contributed by atoms with Gasteiger partial charge in [0.1, 0.15) is 17.3 Å². The maximum absolute atomic E-state index is 13.7. The molecule has 0 aliphatic rings. The zero-order valence-electron chi connectivity index (χ0n) is 15.0. The number of carbonyl (C=O) groups excluding carboxylic acids is 2. The van der Waals surface area contributed by atoms with Gasteiger partial charge in [-0.25, -0.2) is 13.6 Å². The molecule has 0 bridgehead atoms. The van der Waals surface area contributed by atoms with Crippen LogP contribution >= 0.6 is 0 Å². The second kappa shape index (κ2) is 8.89. The molecule has 0 aliphatic heterocycles. The standard InChI is InChI=1S/C18H17F2N3O5/c1-10(13-5-4-12(19)8-14(13)20)22-17(24)9-28-18(25)11-3-6-15(21-2)16(7-11)23(26)27/h3-8,10,21H,9H2,1-2H3,(H,22,24)/t10-/m0/s1. The van der Waals surface area contributed by atoms with Crippen LogP contribution in [0.4, 0.5) is 20.2 Å². The van der Waals surface area contributed by atoms with Crippen molar-refractivity contribution in [1.82, 2.24) is 5.32 Å². The van der Waals surface area contributed by atoms with Crippen molar-refractivity contribution in [3.05, 3.63) is 69.3 Å². The van der Waals surface area contributed by atoms with Gasteiger partial charge in [-0.3, -0.25) is 14.9 Å². The van der Waals surface area contributed by atoms with E-state index < -0.39 is 41.1 Å². The highest BCUT2D eigenvalue weighted by Gasteiger charge is 2.19. The van der Waals surface area contributed by atoms with Crippen LogP contribution in [0.3, 0.4) is 0 Å². The van der Waals surface area contributed by atoms with Gasteiger partial charge in [-0.15, -0.1) is 0 Å². The van der Waals surface area contributed by atoms with Gasteiger partial charge in [-0.05, 0) is 25.1 Å². The average Bonchev–Trinajstić information content (AvgIpc) is 2.65. The van der Waals surface area contributed by atoms with Crippen molar-refractivity contribution in [3.63, 3.8) is 0 Å². The molecule has 1 atom stereocenters. The van der Waals surface area contributed by atoms with E-state index in [0.29, 0.717) is 6.07 Å². The van der Waals surface area contributed by atoms with E-state index in [4.69, 9.17) is 4.74 Å². The third kappa shape index (κ3) is 5.00. The second-order valence-electron chi connectivity index (χ2n) is 5.77. The molecule has 0 aliphatic carbocycles. The van der Waals surface area contributed by atoms with E-state index in [1.807, 2.05) is 0 Å². The molecule has 0 radical (unpaired) electrons. The third-order valence-electron chi connectivity index (χ3n) is 3.84. The van der Waals surface area contributed by atoms with Crippen LogP contribution in [-0.4, -0.2) is 30.5 Å². The number of ether oxygens (including phenoxy) is 1. The van der Waals surface area contributed by atoms with E-state index in [1.54, 1.807) is 0 Å². The predicted molar refractivity (Wildman–Crippen MR) is 95.8 cm³/mol. The SMILES string of the molecule is CNc1ccc(C(=O)OCC(=O)N[C@@H](C)c2ccc(F)cc2F)cc1[N+](=O)[O-]. The van der Waals surface area contributed by atoms with Gasteiger partial charge in [-0.2, -0.15) is 0 Å². The fourth-order valence-corrected chi connectivity index (χ4v) is 2.45. The lowest BCUT2D eigenvalue weighted by molar-refractivity contribution is -0.384. The average molecular weight is 393 g/mol. The summed E-state index contributed by atoms with van der Waals surface area (Å²) in [6.45, 7) is 0.809. The fourth-order valence-electron chi connectivity index (χ4n) is 2.45. The molecule has 10 heteroatoms. The Morgan fingerprint density at radius 3 is 2.54 bits per heavy atom. The van der Waals surface area contributed by atoms with Crippen LogP contribution in [0.15, 0.2) is 36.4 Å². The number of anilines is 1. The number of nitro groups is 1. The maximum Gasteiger partial charge on any atom is 0.338 e. The minimum atomic E-state index is -0.929. The molecule has 0 spiro atoms. The molecule has 0 fully saturated rings. The number of halogens is 2. The van der Waals surface area contributed by atoms with E-state index >= 15 is 0 Å². The Hall–Kier alpha value is -3.56. The summed E-state index contributed by atoms with van der Waals surface area (Å²) >= 11 is 0. The molecule has 2 rings (SSSR count). The van der Waals surface area contributed by atoms with Crippen LogP contribution in [-0.2, 0) is 9.53 Å². The van der Waals surface area contributed by atoms with Crippen LogP contribution in [0.2, 0.25) is 0 Å². The molecular formula is C18H17F2N3O5. The van der Waals surface area contributed by atoms with Gasteiger partial charge < -0.3 is 15.4 Å². The van der Waals surface area contributed by atoms with E-state index in [0.717, 1.165) is 12.1 Å². The summed E-state index contributed by atoms with van der Waals surface area (Å²) in [4.78, 5) is 34.3. The number of nitrogens with zero attached hydrogens (tertiary/aromatic N) is 1. The van der Waals surface area contributed by atoms with Crippen LogP contribution in [0, 0.1) is 21.7 Å². The van der Waals surface area contributed by atoms with Crippen LogP contribution in [0.1, 0.15) is 28.9 Å². The van der Waals surface area contributed by atoms with Gasteiger partial charge in [0.15, 0.2) is 6.61 Å². The summed E-state index contributed by atoms with van der Waals surface area (Å²) in [5, 5.41) is 16.1. The Kier molecular flexibility index (Phi) is 6.59. The van der Waals surface area contributed by atoms with E-state index in [-0.39, 0.29) is 22.5 Å². The second-order valence-corrected chi connectivity index (χ2v) is 5.77. The Balaban J connectivity index is 1.98. The smallest absolute Gasteiger partial charge is 0.338 e. The number of nitrogens with one attached hydrogen (secondary N) is 2. The lowest BCUT2D eigenvalue weighted by atomic mass is 10.1. The zero-order valence-corrected chi connectivity index (χ0v) is 15.0. The highest BCUT2D eigenvalue weighted by molar-refractivity contribution is 5.93. The minimum absolute atomic E-state index is 0.0688. The number of hydrogen-bond donors (Lipinski definition) is 2. The zero-order chi connectivity index (χ0) is 20.8. The van der Waals surface area contributed by atoms with Crippen molar-refractivity contribution in [1.29, 1.82) is 0 Å². The summed E-state index contributed by atoms with van der Waals surface area (Å²) in [6, 6.07) is 5.85. The van der Waals surface area contributed by atoms with E-state index in [1.165, 1.54) is 32.2 Å². The normalized spacial score (nSPS) is 11.4. The fraction of sp³-hybridized carbons (Fsp3) is 0.222. The third-order valence-corrected chi connectivity index (χ3v) is 3.84. The summed E-state index contributed by atoms with van der Waals surface area (Å²) in [6.07, 6.45) is 0. The molecular weight excluding hydrogens is 376 g/mol. The van der Waals surface area contributed by atoms with Crippen molar-refractivity contribution in [2.24, 2.45) is 0 Å². The highest BCUT2D eigenvalue weighted by atomic mass is 19.1. The van der Waals surface area contributed by atoms with E-state index in [9.17, 15) is 28.5 Å². The van der Waals surface area contributed by atoms with Crippen LogP contribution in [0.5, 0.6) is 0 Å². The lowest BCUT2D eigenvalue weighted by Gasteiger charge is -2.15. The lowest BCUT2D eigenvalue weighted by Crippen LogP contribution is -2.31. The van der Waals surface area contributed by atoms with Crippen molar-refractivity contribution < 1.29 is 28.0 Å². The van der Waals surface area contributed by atoms with E-state index in [2.05, 4.69) is 10.6 Å². The quantitative estimate of drug-likeness (QED) is 0.425. The number of hydrogen-bond acceptors (Lipinski definition) is 6. The van der Waals surface area contributed by atoms with Crippen LogP contribution < -0.4 is 10.6 Å². The molecule has 0 saturated carbocycles. The number of amides is 1. The summed E-state index contributed by atoms with van der Waals surface area (Å²) < 4.78 is 31.5.